The first-order valence-electron chi connectivity index (χ1n) is 11.7. The Balaban J connectivity index is 1.43. The fraction of sp³-hybridized carbons (Fsp3) is 0.296. The lowest BCUT2D eigenvalue weighted by molar-refractivity contribution is -0.160. The molecule has 3 atom stereocenters. The minimum Gasteiger partial charge on any atom is -0.454 e. The molecule has 1 aliphatic heterocycles. The van der Waals surface area contributed by atoms with E-state index in [9.17, 15) is 24.0 Å². The molecule has 0 spiro atoms. The van der Waals surface area contributed by atoms with Gasteiger partial charge in [-0.1, -0.05) is 42.5 Å². The molecule has 1 fully saturated rings. The van der Waals surface area contributed by atoms with Crippen molar-refractivity contribution >= 4 is 41.0 Å². The van der Waals surface area contributed by atoms with Gasteiger partial charge in [0.25, 0.3) is 5.91 Å². The van der Waals surface area contributed by atoms with Crippen LogP contribution in [0.15, 0.2) is 66.7 Å². The number of imide groups is 1. The highest BCUT2D eigenvalue weighted by molar-refractivity contribution is 6.08. The molecule has 2 aliphatic rings. The van der Waals surface area contributed by atoms with E-state index in [1.807, 2.05) is 18.2 Å². The molecule has 9 nitrogen and oxygen atoms in total. The number of likely N-dealkylation sites (tertiary alicyclic amines) is 1. The Bertz CT molecular complexity index is 1170. The van der Waals surface area contributed by atoms with Gasteiger partial charge in [-0.25, -0.2) is 4.79 Å². The van der Waals surface area contributed by atoms with E-state index in [4.69, 9.17) is 4.74 Å². The Morgan fingerprint density at radius 2 is 1.44 bits per heavy atom. The van der Waals surface area contributed by atoms with Gasteiger partial charge in [0.2, 0.25) is 17.7 Å². The molecule has 0 bridgehead atoms. The largest absolute Gasteiger partial charge is 0.454 e. The van der Waals surface area contributed by atoms with Gasteiger partial charge in [-0.3, -0.25) is 24.1 Å². The molecule has 0 unspecified atom stereocenters. The lowest BCUT2D eigenvalue weighted by atomic mass is 9.85. The number of hydrogen-bond acceptors (Lipinski definition) is 6. The Kier molecular flexibility index (Phi) is 7.58. The number of anilines is 2. The van der Waals surface area contributed by atoms with Gasteiger partial charge in [-0.2, -0.15) is 0 Å². The van der Waals surface area contributed by atoms with Gasteiger partial charge < -0.3 is 15.4 Å². The Morgan fingerprint density at radius 1 is 0.889 bits per heavy atom. The topological polar surface area (TPSA) is 122 Å². The van der Waals surface area contributed by atoms with Crippen LogP contribution >= 0.6 is 0 Å². The first-order chi connectivity index (χ1) is 17.3. The zero-order valence-electron chi connectivity index (χ0n) is 19.8. The molecule has 1 aliphatic carbocycles. The predicted octanol–water partition coefficient (Wildman–Crippen LogP) is 2.69. The molecule has 2 N–H and O–H groups in total. The molecule has 4 amide bonds. The second-order valence-electron chi connectivity index (χ2n) is 8.82. The van der Waals surface area contributed by atoms with E-state index >= 15 is 0 Å². The molecule has 0 radical (unpaired) electrons. The summed E-state index contributed by atoms with van der Waals surface area (Å²) in [5, 5.41) is 5.23. The summed E-state index contributed by atoms with van der Waals surface area (Å²) in [6.45, 7) is 0.811. The number of hydrogen-bond donors (Lipinski definition) is 2. The van der Waals surface area contributed by atoms with Gasteiger partial charge in [0.05, 0.1) is 11.8 Å². The van der Waals surface area contributed by atoms with Crippen molar-refractivity contribution < 1.29 is 28.7 Å². The first-order valence-corrected chi connectivity index (χ1v) is 11.7. The first kappa shape index (κ1) is 24.8. The summed E-state index contributed by atoms with van der Waals surface area (Å²) < 4.78 is 5.28. The molecule has 2 aromatic carbocycles. The number of carbonyl (C=O) groups excluding carboxylic acids is 5. The summed E-state index contributed by atoms with van der Waals surface area (Å²) in [7, 11) is 0. The summed E-state index contributed by atoms with van der Waals surface area (Å²) in [6, 6.07) is 14.3. The summed E-state index contributed by atoms with van der Waals surface area (Å²) in [5.41, 5.74) is 1.79. The number of nitrogens with zero attached hydrogens (tertiary/aromatic N) is 1. The van der Waals surface area contributed by atoms with Crippen LogP contribution in [0.1, 0.15) is 25.3 Å². The molecule has 4 rings (SSSR count). The SMILES string of the molecule is CC(=O)Nc1ccc(NC(=O)COC(=O)[C@@H](Cc2ccccc2)N2C(=O)[C@H]3CC=CC[C@H]3C2=O)cc1. The highest BCUT2D eigenvalue weighted by Crippen LogP contribution is 2.36. The minimum absolute atomic E-state index is 0.0935. The Morgan fingerprint density at radius 3 is 2.00 bits per heavy atom. The Hall–Kier alpha value is -4.27. The maximum Gasteiger partial charge on any atom is 0.330 e. The average molecular weight is 490 g/mol. The zero-order chi connectivity index (χ0) is 25.7. The van der Waals surface area contributed by atoms with E-state index in [-0.39, 0.29) is 24.1 Å². The highest BCUT2D eigenvalue weighted by atomic mass is 16.5. The second kappa shape index (κ2) is 11.0. The summed E-state index contributed by atoms with van der Waals surface area (Å²) in [5.74, 6) is -3.31. The van der Waals surface area contributed by atoms with E-state index in [0.717, 1.165) is 10.5 Å². The fourth-order valence-electron chi connectivity index (χ4n) is 4.52. The number of fused-ring (bicyclic) bond motifs is 1. The zero-order valence-corrected chi connectivity index (χ0v) is 19.8. The number of rotatable bonds is 8. The van der Waals surface area contributed by atoms with Crippen LogP contribution in [-0.4, -0.2) is 47.1 Å². The van der Waals surface area contributed by atoms with Crippen molar-refractivity contribution in [3.05, 3.63) is 72.3 Å². The standard InChI is InChI=1S/C27H27N3O6/c1-17(31)28-19-11-13-20(14-12-19)29-24(32)16-36-27(35)23(15-18-7-3-2-4-8-18)30-25(33)21-9-5-6-10-22(21)26(30)34/h2-8,11-14,21-23H,9-10,15-16H2,1H3,(H,28,31)(H,29,32)/t21-,22+,23-/m1/s1. The molecular formula is C27H27N3O6. The maximum atomic E-state index is 13.1. The van der Waals surface area contributed by atoms with Gasteiger partial charge in [0, 0.05) is 24.7 Å². The van der Waals surface area contributed by atoms with Gasteiger partial charge in [0.1, 0.15) is 6.04 Å². The number of allylic oxidation sites excluding steroid dienone is 2. The maximum absolute atomic E-state index is 13.1. The van der Waals surface area contributed by atoms with Crippen molar-refractivity contribution in [3.63, 3.8) is 0 Å². The van der Waals surface area contributed by atoms with Gasteiger partial charge >= 0.3 is 5.97 Å². The molecule has 9 heteroatoms. The molecule has 1 saturated heterocycles. The van der Waals surface area contributed by atoms with Crippen molar-refractivity contribution in [2.24, 2.45) is 11.8 Å². The van der Waals surface area contributed by atoms with E-state index in [1.165, 1.54) is 6.92 Å². The number of esters is 1. The van der Waals surface area contributed by atoms with E-state index in [1.54, 1.807) is 48.5 Å². The van der Waals surface area contributed by atoms with Crippen molar-refractivity contribution in [1.29, 1.82) is 0 Å². The molecule has 186 valence electrons. The fourth-order valence-corrected chi connectivity index (χ4v) is 4.52. The van der Waals surface area contributed by atoms with Crippen LogP contribution in [0.3, 0.4) is 0 Å². The lowest BCUT2D eigenvalue weighted by Crippen LogP contribution is -2.48. The van der Waals surface area contributed by atoms with Gasteiger partial charge in [-0.05, 0) is 42.7 Å². The van der Waals surface area contributed by atoms with Gasteiger partial charge in [0.15, 0.2) is 6.61 Å². The predicted molar refractivity (Wildman–Crippen MR) is 131 cm³/mol. The molecular weight excluding hydrogens is 462 g/mol. The molecule has 0 saturated carbocycles. The number of carbonyl (C=O) groups is 5. The molecule has 2 aromatic rings. The number of nitrogens with one attached hydrogen (secondary N) is 2. The summed E-state index contributed by atoms with van der Waals surface area (Å²) >= 11 is 0. The van der Waals surface area contributed by atoms with Crippen LogP contribution in [0.2, 0.25) is 0 Å². The normalized spacial score (nSPS) is 19.4. The molecule has 36 heavy (non-hydrogen) atoms. The van der Waals surface area contributed by atoms with Crippen molar-refractivity contribution in [2.75, 3.05) is 17.2 Å². The quantitative estimate of drug-likeness (QED) is 0.334. The third-order valence-electron chi connectivity index (χ3n) is 6.23. The van der Waals surface area contributed by atoms with Crippen LogP contribution < -0.4 is 10.6 Å². The Labute approximate surface area is 208 Å². The van der Waals surface area contributed by atoms with Crippen LogP contribution in [0, 0.1) is 11.8 Å². The minimum atomic E-state index is -1.16. The average Bonchev–Trinajstić information content (AvgIpc) is 3.12. The van der Waals surface area contributed by atoms with Crippen molar-refractivity contribution in [2.45, 2.75) is 32.2 Å². The number of amides is 4. The van der Waals surface area contributed by atoms with Crippen LogP contribution in [0.5, 0.6) is 0 Å². The highest BCUT2D eigenvalue weighted by Gasteiger charge is 2.51. The second-order valence-corrected chi connectivity index (χ2v) is 8.82. The lowest BCUT2D eigenvalue weighted by Gasteiger charge is -2.25. The van der Waals surface area contributed by atoms with E-state index in [0.29, 0.717) is 24.2 Å². The third-order valence-corrected chi connectivity index (χ3v) is 6.23. The smallest absolute Gasteiger partial charge is 0.330 e. The van der Waals surface area contributed by atoms with Crippen molar-refractivity contribution in [1.82, 2.24) is 4.90 Å². The van der Waals surface area contributed by atoms with Crippen molar-refractivity contribution in [3.8, 4) is 0 Å². The van der Waals surface area contributed by atoms with Crippen LogP contribution in [-0.2, 0) is 35.1 Å². The monoisotopic (exact) mass is 489 g/mol. The van der Waals surface area contributed by atoms with Crippen LogP contribution in [0.4, 0.5) is 11.4 Å². The third kappa shape index (κ3) is 5.68. The summed E-state index contributed by atoms with van der Waals surface area (Å²) in [4.78, 5) is 63.9. The van der Waals surface area contributed by atoms with E-state index in [2.05, 4.69) is 10.6 Å². The van der Waals surface area contributed by atoms with Crippen LogP contribution in [0.25, 0.3) is 0 Å². The molecule has 0 aromatic heterocycles. The molecule has 1 heterocycles. The summed E-state index contributed by atoms with van der Waals surface area (Å²) in [6.07, 6.45) is 4.78. The number of benzene rings is 2. The van der Waals surface area contributed by atoms with E-state index < -0.39 is 36.4 Å². The number of ether oxygens (including phenoxy) is 1. The van der Waals surface area contributed by atoms with Gasteiger partial charge in [-0.15, -0.1) is 0 Å².